The van der Waals surface area contributed by atoms with Crippen molar-refractivity contribution in [2.24, 2.45) is 0 Å². The van der Waals surface area contributed by atoms with Gasteiger partial charge >= 0.3 is 6.03 Å². The summed E-state index contributed by atoms with van der Waals surface area (Å²) in [5.74, 6) is 0.809. The molecule has 4 atom stereocenters. The highest BCUT2D eigenvalue weighted by Crippen LogP contribution is 2.34. The van der Waals surface area contributed by atoms with Crippen LogP contribution in [-0.4, -0.2) is 68.7 Å². The first-order valence-corrected chi connectivity index (χ1v) is 15.9. The minimum absolute atomic E-state index is 0.0986. The van der Waals surface area contributed by atoms with E-state index in [1.165, 1.54) is 0 Å². The fourth-order valence-corrected chi connectivity index (χ4v) is 7.91. The molecule has 6 rings (SSSR count). The average Bonchev–Trinajstić information content (AvgIpc) is 3.75. The van der Waals surface area contributed by atoms with Crippen LogP contribution in [0.15, 0.2) is 48.7 Å². The maximum atomic E-state index is 13.4. The van der Waals surface area contributed by atoms with Crippen molar-refractivity contribution in [3.63, 3.8) is 0 Å². The van der Waals surface area contributed by atoms with Crippen molar-refractivity contribution < 1.29 is 24.6 Å². The van der Waals surface area contributed by atoms with Crippen molar-refractivity contribution in [3.8, 4) is 11.5 Å². The minimum atomic E-state index is -0.784. The van der Waals surface area contributed by atoms with Gasteiger partial charge in [-0.1, -0.05) is 18.6 Å². The molecule has 2 fully saturated rings. The molecule has 7 N–H and O–H groups in total. The summed E-state index contributed by atoms with van der Waals surface area (Å²) in [6.45, 7) is 0.396. The molecule has 10 nitrogen and oxygen atoms in total. The van der Waals surface area contributed by atoms with Crippen LogP contribution in [0, 0.1) is 0 Å². The standard InChI is InChI=1S/C32H37N5O5S/c38-21-8-7-18-5-6-19(23(18)14-21)11-12-33-31(41)26(13-20-16-34-25-10-9-22(39)15-24(20)25)35-29(40)4-2-1-3-28-30-27(17-43-28)36-32(42)37-30/h6-10,14-16,26-28,30,34,38-39H,1-5,11-13,17H2,(H,33,41)(H,35,40)(H2,36,37,42). The Labute approximate surface area is 254 Å². The van der Waals surface area contributed by atoms with E-state index < -0.39 is 6.04 Å². The maximum absolute atomic E-state index is 13.4. The highest BCUT2D eigenvalue weighted by atomic mass is 32.2. The topological polar surface area (TPSA) is 156 Å². The van der Waals surface area contributed by atoms with Crippen molar-refractivity contribution in [1.82, 2.24) is 26.3 Å². The van der Waals surface area contributed by atoms with Crippen LogP contribution in [-0.2, 0) is 22.4 Å². The Kier molecular flexibility index (Phi) is 8.51. The lowest BCUT2D eigenvalue weighted by molar-refractivity contribution is -0.129. The molecule has 0 spiro atoms. The predicted octanol–water partition coefficient (Wildman–Crippen LogP) is 3.48. The second-order valence-corrected chi connectivity index (χ2v) is 12.8. The SMILES string of the molecule is O=C(CCCCC1SCC2NC(=O)NC21)NC(Cc1c[nH]c2ccc(O)cc12)C(=O)NCCC1=CCc2ccc(O)cc21. The van der Waals surface area contributed by atoms with Gasteiger partial charge in [-0.2, -0.15) is 11.8 Å². The molecule has 226 valence electrons. The summed E-state index contributed by atoms with van der Waals surface area (Å²) in [7, 11) is 0. The van der Waals surface area contributed by atoms with Gasteiger partial charge in [0.2, 0.25) is 11.8 Å². The zero-order valence-electron chi connectivity index (χ0n) is 23.8. The molecule has 2 aliphatic heterocycles. The number of phenols is 2. The summed E-state index contributed by atoms with van der Waals surface area (Å²) in [4.78, 5) is 41.3. The molecule has 2 saturated heterocycles. The summed E-state index contributed by atoms with van der Waals surface area (Å²) in [6, 6.07) is 9.86. The van der Waals surface area contributed by atoms with Crippen LogP contribution in [0.5, 0.6) is 11.5 Å². The van der Waals surface area contributed by atoms with Crippen molar-refractivity contribution in [1.29, 1.82) is 0 Å². The van der Waals surface area contributed by atoms with Crippen LogP contribution in [0.4, 0.5) is 4.79 Å². The lowest BCUT2D eigenvalue weighted by Crippen LogP contribution is -2.48. The smallest absolute Gasteiger partial charge is 0.315 e. The van der Waals surface area contributed by atoms with Gasteiger partial charge in [-0.15, -0.1) is 0 Å². The molecule has 4 amide bonds. The molecular weight excluding hydrogens is 566 g/mol. The lowest BCUT2D eigenvalue weighted by atomic mass is 10.0. The summed E-state index contributed by atoms with van der Waals surface area (Å²) in [5.41, 5.74) is 4.92. The molecule has 0 bridgehead atoms. The van der Waals surface area contributed by atoms with Crippen LogP contribution >= 0.6 is 11.8 Å². The Morgan fingerprint density at radius 3 is 2.79 bits per heavy atom. The van der Waals surface area contributed by atoms with Crippen LogP contribution in [0.2, 0.25) is 0 Å². The molecule has 11 heteroatoms. The molecule has 0 radical (unpaired) electrons. The number of amides is 4. The number of aromatic amines is 1. The first-order chi connectivity index (χ1) is 20.8. The van der Waals surface area contributed by atoms with Gasteiger partial charge < -0.3 is 36.5 Å². The number of hydrogen-bond acceptors (Lipinski definition) is 6. The highest BCUT2D eigenvalue weighted by Gasteiger charge is 2.42. The van der Waals surface area contributed by atoms with Crippen molar-refractivity contribution in [2.75, 3.05) is 12.3 Å². The van der Waals surface area contributed by atoms with E-state index >= 15 is 0 Å². The van der Waals surface area contributed by atoms with Crippen molar-refractivity contribution in [2.45, 2.75) is 68.3 Å². The summed E-state index contributed by atoms with van der Waals surface area (Å²) in [5, 5.41) is 33.0. The van der Waals surface area contributed by atoms with Gasteiger partial charge in [0.25, 0.3) is 0 Å². The molecule has 3 aromatic rings. The van der Waals surface area contributed by atoms with Gasteiger partial charge in [0.05, 0.1) is 12.1 Å². The molecule has 43 heavy (non-hydrogen) atoms. The fraction of sp³-hybridized carbons (Fsp3) is 0.406. The Morgan fingerprint density at radius 2 is 1.91 bits per heavy atom. The van der Waals surface area contributed by atoms with Crippen LogP contribution in [0.25, 0.3) is 16.5 Å². The van der Waals surface area contributed by atoms with E-state index in [0.29, 0.717) is 31.1 Å². The Bertz CT molecular complexity index is 1570. The van der Waals surface area contributed by atoms with Crippen LogP contribution in [0.3, 0.4) is 0 Å². The largest absolute Gasteiger partial charge is 0.508 e. The van der Waals surface area contributed by atoms with Gasteiger partial charge in [0.15, 0.2) is 0 Å². The zero-order valence-corrected chi connectivity index (χ0v) is 24.6. The summed E-state index contributed by atoms with van der Waals surface area (Å²) >= 11 is 1.86. The monoisotopic (exact) mass is 603 g/mol. The molecule has 0 saturated carbocycles. The maximum Gasteiger partial charge on any atom is 0.315 e. The minimum Gasteiger partial charge on any atom is -0.508 e. The number of nitrogens with one attached hydrogen (secondary N) is 5. The Morgan fingerprint density at radius 1 is 1.07 bits per heavy atom. The number of unbranched alkanes of at least 4 members (excludes halogenated alkanes) is 1. The number of aromatic hydroxyl groups is 2. The normalized spacial score (nSPS) is 21.1. The van der Waals surface area contributed by atoms with E-state index in [0.717, 1.165) is 58.2 Å². The second kappa shape index (κ2) is 12.6. The number of benzene rings is 2. The van der Waals surface area contributed by atoms with Gasteiger partial charge in [-0.25, -0.2) is 4.79 Å². The number of rotatable bonds is 12. The van der Waals surface area contributed by atoms with Gasteiger partial charge in [0, 0.05) is 47.5 Å². The van der Waals surface area contributed by atoms with E-state index in [1.807, 2.05) is 24.0 Å². The van der Waals surface area contributed by atoms with Crippen molar-refractivity contribution in [3.05, 3.63) is 65.4 Å². The van der Waals surface area contributed by atoms with Gasteiger partial charge in [-0.05, 0) is 78.3 Å². The molecule has 4 unspecified atom stereocenters. The van der Waals surface area contributed by atoms with E-state index in [4.69, 9.17) is 0 Å². The third kappa shape index (κ3) is 6.61. The second-order valence-electron chi connectivity index (χ2n) is 11.6. The van der Waals surface area contributed by atoms with E-state index in [2.05, 4.69) is 32.3 Å². The molecular formula is C32H37N5O5S. The first kappa shape index (κ1) is 29.0. The fourth-order valence-electron chi connectivity index (χ4n) is 6.37. The quantitative estimate of drug-likeness (QED) is 0.124. The number of H-pyrrole nitrogens is 1. The number of phenolic OH excluding ortho intramolecular Hbond substituents is 2. The predicted molar refractivity (Wildman–Crippen MR) is 167 cm³/mol. The number of aromatic nitrogens is 1. The van der Waals surface area contributed by atoms with Crippen LogP contribution < -0.4 is 21.3 Å². The van der Waals surface area contributed by atoms with E-state index in [9.17, 15) is 24.6 Å². The number of hydrogen-bond donors (Lipinski definition) is 7. The summed E-state index contributed by atoms with van der Waals surface area (Å²) < 4.78 is 0. The molecule has 1 aromatic heterocycles. The molecule has 3 aliphatic rings. The third-order valence-electron chi connectivity index (χ3n) is 8.61. The molecule has 2 aromatic carbocycles. The lowest BCUT2D eigenvalue weighted by Gasteiger charge is -2.19. The Hall–Kier alpha value is -4.12. The van der Waals surface area contributed by atoms with Crippen LogP contribution in [0.1, 0.15) is 48.8 Å². The highest BCUT2D eigenvalue weighted by molar-refractivity contribution is 8.00. The molecule has 3 heterocycles. The number of allylic oxidation sites excluding steroid dienone is 1. The van der Waals surface area contributed by atoms with E-state index in [1.54, 1.807) is 30.3 Å². The Balaban J connectivity index is 1.05. The summed E-state index contributed by atoms with van der Waals surface area (Å²) in [6.07, 6.45) is 8.39. The first-order valence-electron chi connectivity index (χ1n) is 14.9. The number of carbonyl (C=O) groups is 3. The third-order valence-corrected chi connectivity index (χ3v) is 10.1. The number of carbonyl (C=O) groups excluding carboxylic acids is 3. The number of thioether (sulfide) groups is 1. The molecule has 1 aliphatic carbocycles. The number of urea groups is 1. The van der Waals surface area contributed by atoms with Crippen molar-refractivity contribution >= 4 is 46.1 Å². The average molecular weight is 604 g/mol. The number of fused-ring (bicyclic) bond motifs is 3. The van der Waals surface area contributed by atoms with E-state index in [-0.39, 0.29) is 47.8 Å². The van der Waals surface area contributed by atoms with Gasteiger partial charge in [-0.3, -0.25) is 9.59 Å². The van der Waals surface area contributed by atoms with Gasteiger partial charge in [0.1, 0.15) is 17.5 Å². The zero-order chi connectivity index (χ0) is 29.9.